The molecule has 0 aliphatic carbocycles. The van der Waals surface area contributed by atoms with Gasteiger partial charge in [0, 0.05) is 19.1 Å². The van der Waals surface area contributed by atoms with Gasteiger partial charge < -0.3 is 5.32 Å². The molecule has 1 aliphatic rings. The summed E-state index contributed by atoms with van der Waals surface area (Å²) in [4.78, 5) is 0. The van der Waals surface area contributed by atoms with Crippen molar-refractivity contribution in [1.82, 2.24) is 9.62 Å². The molecule has 0 aromatic heterocycles. The number of aryl methyl sites for hydroxylation is 1. The minimum absolute atomic E-state index is 0.00882. The summed E-state index contributed by atoms with van der Waals surface area (Å²) in [7, 11) is -1.75. The highest BCUT2D eigenvalue weighted by molar-refractivity contribution is 7.90. The van der Waals surface area contributed by atoms with Crippen LogP contribution < -0.4 is 10.0 Å². The summed E-state index contributed by atoms with van der Waals surface area (Å²) in [5.74, 6) is 0. The maximum absolute atomic E-state index is 12.6. The molecule has 1 heterocycles. The maximum Gasteiger partial charge on any atom is 0.301 e. The molecule has 1 aromatic carbocycles. The Bertz CT molecular complexity index is 590. The van der Waals surface area contributed by atoms with Gasteiger partial charge in [0.15, 0.2) is 0 Å². The lowest BCUT2D eigenvalue weighted by Crippen LogP contribution is -2.49. The maximum atomic E-state index is 12.6. The first-order chi connectivity index (χ1) is 9.94. The van der Waals surface area contributed by atoms with Crippen LogP contribution in [0.1, 0.15) is 24.8 Å². The van der Waals surface area contributed by atoms with E-state index in [9.17, 15) is 8.42 Å². The summed E-state index contributed by atoms with van der Waals surface area (Å²) in [5.41, 5.74) is 1.42. The molecule has 2 N–H and O–H groups in total. The predicted octanol–water partition coefficient (Wildman–Crippen LogP) is 2.38. The van der Waals surface area contributed by atoms with Gasteiger partial charge in [-0.05, 0) is 44.5 Å². The summed E-state index contributed by atoms with van der Waals surface area (Å²) >= 11 is 6.11. The first-order valence-corrected chi connectivity index (χ1v) is 8.96. The molecule has 1 fully saturated rings. The van der Waals surface area contributed by atoms with Gasteiger partial charge in [0.05, 0.1) is 10.7 Å². The van der Waals surface area contributed by atoms with Crippen molar-refractivity contribution in [1.29, 1.82) is 0 Å². The van der Waals surface area contributed by atoms with Crippen LogP contribution in [0.25, 0.3) is 0 Å². The van der Waals surface area contributed by atoms with Crippen molar-refractivity contribution >= 4 is 27.5 Å². The molecular formula is C14H22ClN3O2S. The molecule has 0 spiro atoms. The lowest BCUT2D eigenvalue weighted by atomic mass is 10.1. The van der Waals surface area contributed by atoms with Gasteiger partial charge in [-0.25, -0.2) is 0 Å². The van der Waals surface area contributed by atoms with Gasteiger partial charge in [-0.2, -0.15) is 12.7 Å². The average molecular weight is 332 g/mol. The normalized spacial score (nSPS) is 20.4. The Morgan fingerprint density at radius 3 is 2.81 bits per heavy atom. The fraction of sp³-hybridized carbons (Fsp3) is 0.571. The van der Waals surface area contributed by atoms with Crippen LogP contribution in [0.4, 0.5) is 5.69 Å². The average Bonchev–Trinajstić information content (AvgIpc) is 2.43. The molecular weight excluding hydrogens is 310 g/mol. The number of hydrogen-bond donors (Lipinski definition) is 2. The zero-order valence-corrected chi connectivity index (χ0v) is 14.0. The third-order valence-corrected chi connectivity index (χ3v) is 5.57. The molecule has 118 valence electrons. The van der Waals surface area contributed by atoms with Crippen LogP contribution in [-0.2, 0) is 10.2 Å². The van der Waals surface area contributed by atoms with Gasteiger partial charge >= 0.3 is 10.2 Å². The van der Waals surface area contributed by atoms with E-state index in [0.717, 1.165) is 24.8 Å². The highest BCUT2D eigenvalue weighted by atomic mass is 35.5. The molecule has 5 nitrogen and oxygen atoms in total. The Morgan fingerprint density at radius 2 is 2.14 bits per heavy atom. The SMILES string of the molecule is CNCC1CCCCN1S(=O)(=O)Nc1ccc(C)cc1Cl. The second-order valence-electron chi connectivity index (χ2n) is 5.41. The third-order valence-electron chi connectivity index (χ3n) is 3.69. The minimum Gasteiger partial charge on any atom is -0.318 e. The molecule has 0 amide bonds. The van der Waals surface area contributed by atoms with Gasteiger partial charge in [0.2, 0.25) is 0 Å². The Hall–Kier alpha value is -0.820. The van der Waals surface area contributed by atoms with E-state index in [1.54, 1.807) is 16.4 Å². The van der Waals surface area contributed by atoms with Crippen molar-refractivity contribution in [2.45, 2.75) is 32.2 Å². The summed E-state index contributed by atoms with van der Waals surface area (Å²) in [6, 6.07) is 5.28. The van der Waals surface area contributed by atoms with E-state index in [1.165, 1.54) is 0 Å². The van der Waals surface area contributed by atoms with Crippen molar-refractivity contribution in [2.75, 3.05) is 24.9 Å². The van der Waals surface area contributed by atoms with Crippen molar-refractivity contribution in [2.24, 2.45) is 0 Å². The number of nitrogens with one attached hydrogen (secondary N) is 2. The van der Waals surface area contributed by atoms with E-state index in [-0.39, 0.29) is 6.04 Å². The molecule has 1 saturated heterocycles. The number of benzene rings is 1. The summed E-state index contributed by atoms with van der Waals surface area (Å²) < 4.78 is 29.4. The lowest BCUT2D eigenvalue weighted by Gasteiger charge is -2.34. The fourth-order valence-electron chi connectivity index (χ4n) is 2.63. The fourth-order valence-corrected chi connectivity index (χ4v) is 4.48. The van der Waals surface area contributed by atoms with Gasteiger partial charge in [-0.3, -0.25) is 4.72 Å². The van der Waals surface area contributed by atoms with E-state index >= 15 is 0 Å². The summed E-state index contributed by atoms with van der Waals surface area (Å²) in [6.07, 6.45) is 2.83. The highest BCUT2D eigenvalue weighted by Gasteiger charge is 2.32. The second kappa shape index (κ2) is 6.96. The van der Waals surface area contributed by atoms with Crippen molar-refractivity contribution < 1.29 is 8.42 Å². The smallest absolute Gasteiger partial charge is 0.301 e. The Morgan fingerprint density at radius 1 is 1.38 bits per heavy atom. The van der Waals surface area contributed by atoms with Gasteiger partial charge in [-0.15, -0.1) is 0 Å². The first kappa shape index (κ1) is 16.5. The van der Waals surface area contributed by atoms with E-state index in [0.29, 0.717) is 23.8 Å². The van der Waals surface area contributed by atoms with Crippen LogP contribution in [0.2, 0.25) is 5.02 Å². The largest absolute Gasteiger partial charge is 0.318 e. The Kier molecular flexibility index (Phi) is 5.48. The van der Waals surface area contributed by atoms with Crippen LogP contribution in [0, 0.1) is 6.92 Å². The van der Waals surface area contributed by atoms with E-state index in [1.807, 2.05) is 20.0 Å². The molecule has 1 unspecified atom stereocenters. The number of anilines is 1. The number of likely N-dealkylation sites (N-methyl/N-ethyl adjacent to an activating group) is 1. The first-order valence-electron chi connectivity index (χ1n) is 7.14. The molecule has 0 radical (unpaired) electrons. The highest BCUT2D eigenvalue weighted by Crippen LogP contribution is 2.26. The van der Waals surface area contributed by atoms with Crippen molar-refractivity contribution in [3.8, 4) is 0 Å². The van der Waals surface area contributed by atoms with Crippen LogP contribution in [0.3, 0.4) is 0 Å². The lowest BCUT2D eigenvalue weighted by molar-refractivity contribution is 0.250. The molecule has 1 aliphatic heterocycles. The Balaban J connectivity index is 2.20. The number of rotatable bonds is 5. The van der Waals surface area contributed by atoms with Gasteiger partial charge in [-0.1, -0.05) is 24.1 Å². The molecule has 1 atom stereocenters. The van der Waals surface area contributed by atoms with Crippen LogP contribution in [0.15, 0.2) is 18.2 Å². The summed E-state index contributed by atoms with van der Waals surface area (Å²) in [6.45, 7) is 3.12. The monoisotopic (exact) mass is 331 g/mol. The van der Waals surface area contributed by atoms with Gasteiger partial charge in [0.25, 0.3) is 0 Å². The standard InChI is InChI=1S/C14H22ClN3O2S/c1-11-6-7-14(13(15)9-11)17-21(19,20)18-8-4-3-5-12(18)10-16-2/h6-7,9,12,16-17H,3-5,8,10H2,1-2H3. The van der Waals surface area contributed by atoms with Crippen molar-refractivity contribution in [3.05, 3.63) is 28.8 Å². The summed E-state index contributed by atoms with van der Waals surface area (Å²) in [5, 5.41) is 3.48. The number of hydrogen-bond acceptors (Lipinski definition) is 3. The number of halogens is 1. The van der Waals surface area contributed by atoms with E-state index < -0.39 is 10.2 Å². The number of nitrogens with zero attached hydrogens (tertiary/aromatic N) is 1. The quantitative estimate of drug-likeness (QED) is 0.870. The molecule has 7 heteroatoms. The molecule has 2 rings (SSSR count). The van der Waals surface area contributed by atoms with E-state index in [2.05, 4.69) is 10.0 Å². The molecule has 0 saturated carbocycles. The minimum atomic E-state index is -3.58. The topological polar surface area (TPSA) is 61.4 Å². The van der Waals surface area contributed by atoms with Gasteiger partial charge in [0.1, 0.15) is 0 Å². The third kappa shape index (κ3) is 4.10. The predicted molar refractivity (Wildman–Crippen MR) is 87.0 cm³/mol. The second-order valence-corrected chi connectivity index (χ2v) is 7.44. The zero-order valence-electron chi connectivity index (χ0n) is 12.4. The molecule has 21 heavy (non-hydrogen) atoms. The number of piperidine rings is 1. The Labute approximate surface area is 131 Å². The van der Waals surface area contributed by atoms with Crippen LogP contribution >= 0.6 is 11.6 Å². The van der Waals surface area contributed by atoms with Crippen LogP contribution in [0.5, 0.6) is 0 Å². The van der Waals surface area contributed by atoms with Crippen LogP contribution in [-0.4, -0.2) is 38.9 Å². The van der Waals surface area contributed by atoms with E-state index in [4.69, 9.17) is 11.6 Å². The molecule has 0 bridgehead atoms. The van der Waals surface area contributed by atoms with Crippen molar-refractivity contribution in [3.63, 3.8) is 0 Å². The zero-order chi connectivity index (χ0) is 15.5. The molecule has 1 aromatic rings.